The standard InChI is InChI=1S/C14H14N2O2S/c1-8-3-6-13(19-8)9(2)15-10-4-5-12-11(7-10)16-14(17)18-12/h3-7,9,15H,1-2H3,(H,16,17). The molecule has 1 atom stereocenters. The van der Waals surface area contributed by atoms with Gasteiger partial charge in [-0.3, -0.25) is 4.98 Å². The highest BCUT2D eigenvalue weighted by molar-refractivity contribution is 7.12. The van der Waals surface area contributed by atoms with Gasteiger partial charge in [-0.05, 0) is 44.2 Å². The molecule has 98 valence electrons. The number of hydrogen-bond donors (Lipinski definition) is 2. The van der Waals surface area contributed by atoms with Gasteiger partial charge in [0, 0.05) is 15.4 Å². The largest absolute Gasteiger partial charge is 0.417 e. The summed E-state index contributed by atoms with van der Waals surface area (Å²) in [5, 5.41) is 3.42. The first-order valence-electron chi connectivity index (χ1n) is 6.07. The maximum atomic E-state index is 11.1. The molecular weight excluding hydrogens is 260 g/mol. The highest BCUT2D eigenvalue weighted by atomic mass is 32.1. The van der Waals surface area contributed by atoms with E-state index in [1.54, 1.807) is 17.4 Å². The minimum absolute atomic E-state index is 0.231. The lowest BCUT2D eigenvalue weighted by Crippen LogP contribution is -2.04. The molecule has 0 spiro atoms. The number of hydrogen-bond acceptors (Lipinski definition) is 4. The molecule has 4 nitrogen and oxygen atoms in total. The van der Waals surface area contributed by atoms with Crippen molar-refractivity contribution in [1.29, 1.82) is 0 Å². The van der Waals surface area contributed by atoms with Crippen molar-refractivity contribution in [3.05, 3.63) is 50.6 Å². The second kappa shape index (κ2) is 4.59. The molecule has 0 aliphatic heterocycles. The quantitative estimate of drug-likeness (QED) is 0.766. The molecule has 0 radical (unpaired) electrons. The lowest BCUT2D eigenvalue weighted by molar-refractivity contribution is 0.555. The van der Waals surface area contributed by atoms with Crippen molar-refractivity contribution in [1.82, 2.24) is 4.98 Å². The van der Waals surface area contributed by atoms with Gasteiger partial charge in [-0.1, -0.05) is 0 Å². The zero-order valence-electron chi connectivity index (χ0n) is 10.7. The molecule has 2 aromatic heterocycles. The van der Waals surface area contributed by atoms with Crippen LogP contribution in [-0.4, -0.2) is 4.98 Å². The lowest BCUT2D eigenvalue weighted by atomic mass is 10.2. The van der Waals surface area contributed by atoms with Crippen LogP contribution in [0.25, 0.3) is 11.1 Å². The Balaban J connectivity index is 1.86. The van der Waals surface area contributed by atoms with E-state index in [0.717, 1.165) is 5.69 Å². The average Bonchev–Trinajstić information content (AvgIpc) is 2.93. The van der Waals surface area contributed by atoms with Crippen molar-refractivity contribution in [2.75, 3.05) is 5.32 Å². The van der Waals surface area contributed by atoms with Crippen molar-refractivity contribution in [2.24, 2.45) is 0 Å². The van der Waals surface area contributed by atoms with E-state index < -0.39 is 5.76 Å². The number of aromatic amines is 1. The summed E-state index contributed by atoms with van der Waals surface area (Å²) in [4.78, 5) is 16.4. The van der Waals surface area contributed by atoms with Gasteiger partial charge in [0.15, 0.2) is 5.58 Å². The summed E-state index contributed by atoms with van der Waals surface area (Å²) in [6.45, 7) is 4.22. The monoisotopic (exact) mass is 274 g/mol. The van der Waals surface area contributed by atoms with Crippen LogP contribution in [0.15, 0.2) is 39.5 Å². The summed E-state index contributed by atoms with van der Waals surface area (Å²) < 4.78 is 4.98. The molecule has 0 bridgehead atoms. The van der Waals surface area contributed by atoms with Gasteiger partial charge in [0.05, 0.1) is 11.6 Å². The highest BCUT2D eigenvalue weighted by Gasteiger charge is 2.08. The number of H-pyrrole nitrogens is 1. The minimum atomic E-state index is -0.422. The average molecular weight is 274 g/mol. The van der Waals surface area contributed by atoms with Crippen LogP contribution in [0, 0.1) is 6.92 Å². The fraction of sp³-hybridized carbons (Fsp3) is 0.214. The Kier molecular flexibility index (Phi) is 2.91. The molecule has 0 saturated heterocycles. The van der Waals surface area contributed by atoms with Crippen LogP contribution < -0.4 is 11.1 Å². The molecule has 0 aliphatic carbocycles. The summed E-state index contributed by atoms with van der Waals surface area (Å²) in [6, 6.07) is 10.1. The van der Waals surface area contributed by atoms with Crippen molar-refractivity contribution in [3.63, 3.8) is 0 Å². The molecule has 2 N–H and O–H groups in total. The van der Waals surface area contributed by atoms with Crippen LogP contribution in [-0.2, 0) is 0 Å². The number of rotatable bonds is 3. The third kappa shape index (κ3) is 2.42. The van der Waals surface area contributed by atoms with E-state index in [4.69, 9.17) is 4.42 Å². The van der Waals surface area contributed by atoms with Crippen LogP contribution in [0.5, 0.6) is 0 Å². The first kappa shape index (κ1) is 12.0. The fourth-order valence-electron chi connectivity index (χ4n) is 2.05. The van der Waals surface area contributed by atoms with Crippen LogP contribution in [0.2, 0.25) is 0 Å². The van der Waals surface area contributed by atoms with Crippen molar-refractivity contribution in [3.8, 4) is 0 Å². The molecule has 0 amide bonds. The van der Waals surface area contributed by atoms with Crippen molar-refractivity contribution in [2.45, 2.75) is 19.9 Å². The molecule has 1 unspecified atom stereocenters. The van der Waals surface area contributed by atoms with Crippen molar-refractivity contribution < 1.29 is 4.42 Å². The van der Waals surface area contributed by atoms with Gasteiger partial charge < -0.3 is 9.73 Å². The summed E-state index contributed by atoms with van der Waals surface area (Å²) >= 11 is 1.78. The summed E-state index contributed by atoms with van der Waals surface area (Å²) in [5.41, 5.74) is 2.25. The Bertz CT molecular complexity index is 769. The number of nitrogens with one attached hydrogen (secondary N) is 2. The minimum Gasteiger partial charge on any atom is -0.408 e. The van der Waals surface area contributed by atoms with Crippen LogP contribution in [0.1, 0.15) is 22.7 Å². The van der Waals surface area contributed by atoms with Crippen LogP contribution >= 0.6 is 11.3 Å². The van der Waals surface area contributed by atoms with Gasteiger partial charge in [0.25, 0.3) is 0 Å². The van der Waals surface area contributed by atoms with E-state index in [2.05, 4.69) is 36.3 Å². The van der Waals surface area contributed by atoms with Gasteiger partial charge in [0.1, 0.15) is 0 Å². The zero-order valence-corrected chi connectivity index (χ0v) is 11.5. The number of fused-ring (bicyclic) bond motifs is 1. The molecule has 3 rings (SSSR count). The summed E-state index contributed by atoms with van der Waals surface area (Å²) in [5.74, 6) is -0.422. The zero-order chi connectivity index (χ0) is 13.4. The molecule has 0 fully saturated rings. The smallest absolute Gasteiger partial charge is 0.408 e. The lowest BCUT2D eigenvalue weighted by Gasteiger charge is -2.13. The van der Waals surface area contributed by atoms with Gasteiger partial charge in [-0.2, -0.15) is 0 Å². The normalized spacial score (nSPS) is 12.7. The van der Waals surface area contributed by atoms with E-state index in [1.807, 2.05) is 12.1 Å². The van der Waals surface area contributed by atoms with Crippen LogP contribution in [0.3, 0.4) is 0 Å². The number of thiophene rings is 1. The van der Waals surface area contributed by atoms with Crippen LogP contribution in [0.4, 0.5) is 5.69 Å². The maximum Gasteiger partial charge on any atom is 0.417 e. The SMILES string of the molecule is Cc1ccc(C(C)Nc2ccc3oc(=O)[nH]c3c2)s1. The molecule has 2 heterocycles. The fourth-order valence-corrected chi connectivity index (χ4v) is 2.93. The third-order valence-corrected chi connectivity index (χ3v) is 4.17. The Morgan fingerprint density at radius 3 is 2.89 bits per heavy atom. The number of anilines is 1. The van der Waals surface area contributed by atoms with Crippen molar-refractivity contribution >= 4 is 28.1 Å². The highest BCUT2D eigenvalue weighted by Crippen LogP contribution is 2.26. The van der Waals surface area contributed by atoms with E-state index in [0.29, 0.717) is 11.1 Å². The number of aryl methyl sites for hydroxylation is 1. The second-order valence-electron chi connectivity index (χ2n) is 4.54. The summed E-state index contributed by atoms with van der Waals surface area (Å²) in [7, 11) is 0. The first-order chi connectivity index (χ1) is 9.11. The molecule has 0 aliphatic rings. The van der Waals surface area contributed by atoms with Gasteiger partial charge in [-0.25, -0.2) is 4.79 Å². The first-order valence-corrected chi connectivity index (χ1v) is 6.89. The Morgan fingerprint density at radius 2 is 2.16 bits per heavy atom. The Hall–Kier alpha value is -2.01. The molecule has 0 saturated carbocycles. The Morgan fingerprint density at radius 1 is 1.32 bits per heavy atom. The van der Waals surface area contributed by atoms with E-state index in [1.165, 1.54) is 9.75 Å². The molecule has 19 heavy (non-hydrogen) atoms. The molecule has 3 aromatic rings. The van der Waals surface area contributed by atoms with E-state index in [-0.39, 0.29) is 6.04 Å². The van der Waals surface area contributed by atoms with Gasteiger partial charge in [-0.15, -0.1) is 11.3 Å². The second-order valence-corrected chi connectivity index (χ2v) is 5.86. The summed E-state index contributed by atoms with van der Waals surface area (Å²) in [6.07, 6.45) is 0. The van der Waals surface area contributed by atoms with Gasteiger partial charge in [0.2, 0.25) is 0 Å². The predicted octanol–water partition coefficient (Wildman–Crippen LogP) is 3.66. The van der Waals surface area contributed by atoms with E-state index in [9.17, 15) is 4.79 Å². The topological polar surface area (TPSA) is 58.0 Å². The van der Waals surface area contributed by atoms with E-state index >= 15 is 0 Å². The third-order valence-electron chi connectivity index (χ3n) is 2.99. The maximum absolute atomic E-state index is 11.1. The molecule has 5 heteroatoms. The number of oxazole rings is 1. The molecular formula is C14H14N2O2S. The number of aromatic nitrogens is 1. The predicted molar refractivity (Wildman–Crippen MR) is 77.9 cm³/mol. The van der Waals surface area contributed by atoms with Gasteiger partial charge >= 0.3 is 5.76 Å². The number of benzene rings is 1. The molecule has 1 aromatic carbocycles. The Labute approximate surface area is 114 Å².